The molecule has 0 spiro atoms. The van der Waals surface area contributed by atoms with Gasteiger partial charge in [0.15, 0.2) is 5.78 Å². The summed E-state index contributed by atoms with van der Waals surface area (Å²) in [6, 6.07) is 4.01. The van der Waals surface area contributed by atoms with E-state index < -0.39 is 0 Å². The van der Waals surface area contributed by atoms with Crippen LogP contribution < -0.4 is 5.73 Å². The van der Waals surface area contributed by atoms with Gasteiger partial charge in [0.1, 0.15) is 0 Å². The van der Waals surface area contributed by atoms with Gasteiger partial charge in [0.25, 0.3) is 0 Å². The van der Waals surface area contributed by atoms with Gasteiger partial charge >= 0.3 is 0 Å². The van der Waals surface area contributed by atoms with E-state index in [1.165, 1.54) is 16.7 Å². The Balaban J connectivity index is 2.47. The van der Waals surface area contributed by atoms with E-state index in [-0.39, 0.29) is 0 Å². The van der Waals surface area contributed by atoms with Gasteiger partial charge in [0, 0.05) is 12.0 Å². The number of hydrogen-bond acceptors (Lipinski definition) is 2. The van der Waals surface area contributed by atoms with Crippen molar-refractivity contribution >= 4 is 5.78 Å². The van der Waals surface area contributed by atoms with Crippen molar-refractivity contribution in [2.24, 2.45) is 5.73 Å². The fourth-order valence-corrected chi connectivity index (χ4v) is 2.19. The maximum absolute atomic E-state index is 11.5. The Morgan fingerprint density at radius 3 is 2.86 bits per heavy atom. The van der Waals surface area contributed by atoms with Crippen molar-refractivity contribution in [1.82, 2.24) is 0 Å². The molecule has 0 atom stereocenters. The van der Waals surface area contributed by atoms with Gasteiger partial charge in [-0.2, -0.15) is 0 Å². The van der Waals surface area contributed by atoms with E-state index in [1.807, 2.05) is 12.1 Å². The number of ketones is 1. The van der Waals surface area contributed by atoms with E-state index in [0.717, 1.165) is 18.4 Å². The Labute approximate surface area is 84.1 Å². The Bertz CT molecular complexity index is 382. The standard InChI is InChI=1S/C12H15NO/c1-8-9(6-7-13)2-3-11-10(8)4-5-12(11)14/h2-3H,4-7,13H2,1H3. The average molecular weight is 189 g/mol. The smallest absolute Gasteiger partial charge is 0.163 e. The lowest BCUT2D eigenvalue weighted by atomic mass is 9.97. The predicted octanol–water partition coefficient (Wildman–Crippen LogP) is 1.63. The Hall–Kier alpha value is -1.15. The second kappa shape index (κ2) is 3.54. The summed E-state index contributed by atoms with van der Waals surface area (Å²) in [4.78, 5) is 11.5. The summed E-state index contributed by atoms with van der Waals surface area (Å²) in [7, 11) is 0. The molecule has 0 saturated carbocycles. The fourth-order valence-electron chi connectivity index (χ4n) is 2.19. The van der Waals surface area contributed by atoms with Gasteiger partial charge in [0.2, 0.25) is 0 Å². The maximum Gasteiger partial charge on any atom is 0.163 e. The van der Waals surface area contributed by atoms with Gasteiger partial charge in [0.05, 0.1) is 0 Å². The molecular weight excluding hydrogens is 174 g/mol. The van der Waals surface area contributed by atoms with Crippen LogP contribution in [-0.2, 0) is 12.8 Å². The Morgan fingerprint density at radius 1 is 1.36 bits per heavy atom. The van der Waals surface area contributed by atoms with Crippen molar-refractivity contribution in [3.05, 3.63) is 34.4 Å². The zero-order valence-corrected chi connectivity index (χ0v) is 8.47. The molecular formula is C12H15NO. The Kier molecular flexibility index (Phi) is 2.38. The van der Waals surface area contributed by atoms with E-state index in [1.54, 1.807) is 0 Å². The molecule has 2 nitrogen and oxygen atoms in total. The molecule has 0 heterocycles. The molecule has 0 radical (unpaired) electrons. The fraction of sp³-hybridized carbons (Fsp3) is 0.417. The van der Waals surface area contributed by atoms with Crippen LogP contribution in [0.1, 0.15) is 33.5 Å². The lowest BCUT2D eigenvalue weighted by Crippen LogP contribution is -2.05. The normalized spacial score (nSPS) is 14.6. The van der Waals surface area contributed by atoms with Crippen molar-refractivity contribution in [1.29, 1.82) is 0 Å². The van der Waals surface area contributed by atoms with Crippen LogP contribution in [0.15, 0.2) is 12.1 Å². The number of benzene rings is 1. The molecule has 2 N–H and O–H groups in total. The first kappa shape index (κ1) is 9.41. The highest BCUT2D eigenvalue weighted by molar-refractivity contribution is 6.00. The predicted molar refractivity (Wildman–Crippen MR) is 56.6 cm³/mol. The van der Waals surface area contributed by atoms with E-state index in [4.69, 9.17) is 5.73 Å². The van der Waals surface area contributed by atoms with Crippen LogP contribution in [0.3, 0.4) is 0 Å². The number of fused-ring (bicyclic) bond motifs is 1. The lowest BCUT2D eigenvalue weighted by molar-refractivity contribution is 0.0994. The molecule has 74 valence electrons. The van der Waals surface area contributed by atoms with E-state index in [9.17, 15) is 4.79 Å². The van der Waals surface area contributed by atoms with E-state index in [0.29, 0.717) is 18.7 Å². The summed E-state index contributed by atoms with van der Waals surface area (Å²) >= 11 is 0. The van der Waals surface area contributed by atoms with Gasteiger partial charge in [-0.15, -0.1) is 0 Å². The molecule has 2 rings (SSSR count). The number of Topliss-reactive ketones (excluding diaryl/α,β-unsaturated/α-hetero) is 1. The van der Waals surface area contributed by atoms with Gasteiger partial charge in [-0.05, 0) is 43.0 Å². The molecule has 1 aliphatic rings. The molecule has 0 saturated heterocycles. The Morgan fingerprint density at radius 2 is 2.14 bits per heavy atom. The molecule has 2 heteroatoms. The van der Waals surface area contributed by atoms with Gasteiger partial charge in [-0.25, -0.2) is 0 Å². The van der Waals surface area contributed by atoms with Crippen LogP contribution >= 0.6 is 0 Å². The number of rotatable bonds is 2. The molecule has 1 aromatic rings. The highest BCUT2D eigenvalue weighted by atomic mass is 16.1. The number of hydrogen-bond donors (Lipinski definition) is 1. The van der Waals surface area contributed by atoms with Gasteiger partial charge < -0.3 is 5.73 Å². The minimum Gasteiger partial charge on any atom is -0.330 e. The van der Waals surface area contributed by atoms with Gasteiger partial charge in [-0.3, -0.25) is 4.79 Å². The second-order valence-corrected chi connectivity index (χ2v) is 3.84. The second-order valence-electron chi connectivity index (χ2n) is 3.84. The first-order valence-electron chi connectivity index (χ1n) is 5.08. The molecule has 0 aliphatic heterocycles. The van der Waals surface area contributed by atoms with Crippen LogP contribution in [0.2, 0.25) is 0 Å². The number of nitrogens with two attached hydrogens (primary N) is 1. The minimum absolute atomic E-state index is 0.294. The van der Waals surface area contributed by atoms with Crippen molar-refractivity contribution in [3.8, 4) is 0 Å². The van der Waals surface area contributed by atoms with E-state index >= 15 is 0 Å². The van der Waals surface area contributed by atoms with Crippen molar-refractivity contribution in [2.45, 2.75) is 26.2 Å². The molecule has 1 aromatic carbocycles. The average Bonchev–Trinajstić information content (AvgIpc) is 2.54. The maximum atomic E-state index is 11.5. The third-order valence-corrected chi connectivity index (χ3v) is 3.03. The molecule has 14 heavy (non-hydrogen) atoms. The molecule has 0 aromatic heterocycles. The van der Waals surface area contributed by atoms with Crippen LogP contribution in [0.25, 0.3) is 0 Å². The minimum atomic E-state index is 0.294. The molecule has 0 unspecified atom stereocenters. The van der Waals surface area contributed by atoms with Crippen LogP contribution in [0.4, 0.5) is 0 Å². The van der Waals surface area contributed by atoms with Crippen molar-refractivity contribution < 1.29 is 4.79 Å². The quantitative estimate of drug-likeness (QED) is 0.768. The summed E-state index contributed by atoms with van der Waals surface area (Å²) in [5, 5.41) is 0. The van der Waals surface area contributed by atoms with Crippen LogP contribution in [0, 0.1) is 6.92 Å². The summed E-state index contributed by atoms with van der Waals surface area (Å²) in [6.45, 7) is 2.77. The van der Waals surface area contributed by atoms with Crippen molar-refractivity contribution in [2.75, 3.05) is 6.54 Å². The molecule has 0 amide bonds. The molecule has 0 fully saturated rings. The van der Waals surface area contributed by atoms with Gasteiger partial charge in [-0.1, -0.05) is 12.1 Å². The summed E-state index contributed by atoms with van der Waals surface area (Å²) in [6.07, 6.45) is 2.51. The first-order chi connectivity index (χ1) is 6.74. The monoisotopic (exact) mass is 189 g/mol. The van der Waals surface area contributed by atoms with Crippen LogP contribution in [-0.4, -0.2) is 12.3 Å². The third kappa shape index (κ3) is 1.36. The summed E-state index contributed by atoms with van der Waals surface area (Å²) in [5.41, 5.74) is 10.3. The highest BCUT2D eigenvalue weighted by Gasteiger charge is 2.21. The summed E-state index contributed by atoms with van der Waals surface area (Å²) in [5.74, 6) is 0.294. The lowest BCUT2D eigenvalue weighted by Gasteiger charge is -2.08. The van der Waals surface area contributed by atoms with E-state index in [2.05, 4.69) is 6.92 Å². The topological polar surface area (TPSA) is 43.1 Å². The van der Waals surface area contributed by atoms with Crippen LogP contribution in [0.5, 0.6) is 0 Å². The SMILES string of the molecule is Cc1c(CCN)ccc2c1CCC2=O. The van der Waals surface area contributed by atoms with Crippen molar-refractivity contribution in [3.63, 3.8) is 0 Å². The molecule has 0 bridgehead atoms. The highest BCUT2D eigenvalue weighted by Crippen LogP contribution is 2.27. The largest absolute Gasteiger partial charge is 0.330 e. The number of carbonyl (C=O) groups excluding carboxylic acids is 1. The zero-order chi connectivity index (χ0) is 10.1. The third-order valence-electron chi connectivity index (χ3n) is 3.03. The number of carbonyl (C=O) groups is 1. The summed E-state index contributed by atoms with van der Waals surface area (Å²) < 4.78 is 0. The molecule has 1 aliphatic carbocycles. The zero-order valence-electron chi connectivity index (χ0n) is 8.47. The first-order valence-corrected chi connectivity index (χ1v) is 5.08.